The molecule has 0 aromatic rings. The molecule has 0 aliphatic heterocycles. The van der Waals surface area contributed by atoms with E-state index >= 15 is 0 Å². The Kier molecular flexibility index (Phi) is 44.1. The first-order valence-corrected chi connectivity index (χ1v) is 23.7. The van der Waals surface area contributed by atoms with Crippen LogP contribution in [0.5, 0.6) is 0 Å². The predicted octanol–water partition coefficient (Wildman–Crippen LogP) is 15.4. The van der Waals surface area contributed by atoms with Crippen molar-refractivity contribution in [2.75, 3.05) is 13.2 Å². The van der Waals surface area contributed by atoms with Crippen molar-refractivity contribution in [3.05, 3.63) is 97.2 Å². The Labute approximate surface area is 362 Å². The van der Waals surface area contributed by atoms with Crippen LogP contribution < -0.4 is 0 Å². The lowest BCUT2D eigenvalue weighted by Gasteiger charge is -2.18. The van der Waals surface area contributed by atoms with Gasteiger partial charge in [-0.05, 0) is 103 Å². The third-order valence-electron chi connectivity index (χ3n) is 9.56. The number of rotatable bonds is 41. The van der Waals surface area contributed by atoms with Crippen molar-refractivity contribution in [1.82, 2.24) is 0 Å². The second-order valence-electron chi connectivity index (χ2n) is 15.3. The minimum atomic E-state index is -0.825. The Morgan fingerprint density at radius 2 is 0.712 bits per heavy atom. The fourth-order valence-corrected chi connectivity index (χ4v) is 5.99. The van der Waals surface area contributed by atoms with Crippen molar-refractivity contribution in [3.63, 3.8) is 0 Å². The van der Waals surface area contributed by atoms with Crippen molar-refractivity contribution in [1.29, 1.82) is 0 Å². The first-order valence-electron chi connectivity index (χ1n) is 23.7. The number of allylic oxidation sites excluding steroid dienone is 16. The molecule has 6 nitrogen and oxygen atoms in total. The SMILES string of the molecule is CC/C=C\C/C=C\C/C=C\C/C=C\C/C=C\C/C=C\CCC(=O)OCC(COC(=O)CCC/C=C\CCCCCC)OC(=O)CCCCC/C=C\CCCCCCCC. The van der Waals surface area contributed by atoms with Crippen LogP contribution in [0, 0.1) is 0 Å². The van der Waals surface area contributed by atoms with Gasteiger partial charge in [0.25, 0.3) is 0 Å². The molecular formula is C53H86O6. The summed E-state index contributed by atoms with van der Waals surface area (Å²) in [6.07, 6.45) is 61.3. The van der Waals surface area contributed by atoms with Gasteiger partial charge in [0.05, 0.1) is 0 Å². The first-order chi connectivity index (χ1) is 29.0. The Morgan fingerprint density at radius 3 is 1.20 bits per heavy atom. The van der Waals surface area contributed by atoms with E-state index in [9.17, 15) is 14.4 Å². The van der Waals surface area contributed by atoms with E-state index in [0.717, 1.165) is 83.5 Å². The van der Waals surface area contributed by atoms with Crippen LogP contribution in [0.1, 0.15) is 201 Å². The molecule has 6 heteroatoms. The highest BCUT2D eigenvalue weighted by atomic mass is 16.6. The zero-order valence-corrected chi connectivity index (χ0v) is 38.0. The van der Waals surface area contributed by atoms with E-state index in [1.807, 2.05) is 12.2 Å². The zero-order chi connectivity index (χ0) is 43.0. The lowest BCUT2D eigenvalue weighted by atomic mass is 10.1. The monoisotopic (exact) mass is 819 g/mol. The Bertz CT molecular complexity index is 1220. The molecule has 0 aliphatic carbocycles. The predicted molar refractivity (Wildman–Crippen MR) is 251 cm³/mol. The van der Waals surface area contributed by atoms with Crippen LogP contribution in [0.15, 0.2) is 97.2 Å². The van der Waals surface area contributed by atoms with Crippen molar-refractivity contribution in [2.45, 2.75) is 207 Å². The minimum absolute atomic E-state index is 0.123. The number of carbonyl (C=O) groups excluding carboxylic acids is 3. The van der Waals surface area contributed by atoms with Gasteiger partial charge in [0.15, 0.2) is 6.10 Å². The average Bonchev–Trinajstić information content (AvgIpc) is 3.23. The molecule has 1 unspecified atom stereocenters. The summed E-state index contributed by atoms with van der Waals surface area (Å²) < 4.78 is 16.6. The second-order valence-corrected chi connectivity index (χ2v) is 15.3. The first kappa shape index (κ1) is 55.3. The second kappa shape index (κ2) is 47.0. The van der Waals surface area contributed by atoms with Gasteiger partial charge in [-0.15, -0.1) is 0 Å². The lowest BCUT2D eigenvalue weighted by molar-refractivity contribution is -0.166. The molecule has 0 rings (SSSR count). The van der Waals surface area contributed by atoms with Gasteiger partial charge in [-0.25, -0.2) is 0 Å². The number of hydrogen-bond donors (Lipinski definition) is 0. The summed E-state index contributed by atoms with van der Waals surface area (Å²) in [5.41, 5.74) is 0. The third-order valence-corrected chi connectivity index (χ3v) is 9.56. The van der Waals surface area contributed by atoms with E-state index in [1.54, 1.807) is 0 Å². The standard InChI is InChI=1S/C53H86O6/c1-4-7-10-13-16-19-21-23-24-25-26-27-28-30-31-34-37-40-43-46-52(55)58-49-50(48-57-51(54)45-42-39-36-33-18-15-12-9-6-3)59-53(56)47-44-41-38-35-32-29-22-20-17-14-11-8-5-2/h7,10,16,19,23-24,26-27,29-33,36-37,40,50H,4-6,8-9,11-15,17-18,20-22,25,28,34-35,38-39,41-49H2,1-3H3/b10-7-,19-16-,24-23-,27-26-,31-30-,32-29-,36-33-,40-37-. The largest absolute Gasteiger partial charge is 0.462 e. The van der Waals surface area contributed by atoms with Gasteiger partial charge in [0, 0.05) is 19.3 Å². The summed E-state index contributed by atoms with van der Waals surface area (Å²) in [6, 6.07) is 0. The van der Waals surface area contributed by atoms with Gasteiger partial charge in [-0.1, -0.05) is 176 Å². The van der Waals surface area contributed by atoms with E-state index in [2.05, 4.69) is 106 Å². The lowest BCUT2D eigenvalue weighted by Crippen LogP contribution is -2.30. The van der Waals surface area contributed by atoms with Crippen LogP contribution in [-0.4, -0.2) is 37.2 Å². The van der Waals surface area contributed by atoms with Crippen molar-refractivity contribution < 1.29 is 28.6 Å². The van der Waals surface area contributed by atoms with E-state index in [4.69, 9.17) is 14.2 Å². The molecular weight excluding hydrogens is 733 g/mol. The van der Waals surface area contributed by atoms with Gasteiger partial charge in [0.1, 0.15) is 13.2 Å². The Hall–Kier alpha value is -3.67. The molecule has 0 spiro atoms. The highest BCUT2D eigenvalue weighted by Crippen LogP contribution is 2.11. The molecule has 0 heterocycles. The van der Waals surface area contributed by atoms with Crippen LogP contribution in [0.2, 0.25) is 0 Å². The topological polar surface area (TPSA) is 78.9 Å². The van der Waals surface area contributed by atoms with Crippen LogP contribution in [0.3, 0.4) is 0 Å². The van der Waals surface area contributed by atoms with Gasteiger partial charge in [-0.2, -0.15) is 0 Å². The fourth-order valence-electron chi connectivity index (χ4n) is 5.99. The molecule has 334 valence electrons. The normalized spacial score (nSPS) is 12.9. The van der Waals surface area contributed by atoms with Crippen molar-refractivity contribution in [3.8, 4) is 0 Å². The van der Waals surface area contributed by atoms with E-state index in [0.29, 0.717) is 19.3 Å². The summed E-state index contributed by atoms with van der Waals surface area (Å²) in [7, 11) is 0. The maximum atomic E-state index is 12.7. The summed E-state index contributed by atoms with van der Waals surface area (Å²) in [6.45, 7) is 6.35. The van der Waals surface area contributed by atoms with Crippen molar-refractivity contribution in [2.24, 2.45) is 0 Å². The molecule has 0 bridgehead atoms. The Balaban J connectivity index is 4.52. The van der Waals surface area contributed by atoms with Crippen LogP contribution in [-0.2, 0) is 28.6 Å². The van der Waals surface area contributed by atoms with E-state index in [-0.39, 0.29) is 44.0 Å². The maximum Gasteiger partial charge on any atom is 0.306 e. The van der Waals surface area contributed by atoms with Crippen LogP contribution in [0.25, 0.3) is 0 Å². The number of unbranched alkanes of at least 4 members (excludes halogenated alkanes) is 14. The van der Waals surface area contributed by atoms with E-state index < -0.39 is 6.10 Å². The molecule has 0 aliphatic rings. The third kappa shape index (κ3) is 45.3. The van der Waals surface area contributed by atoms with E-state index in [1.165, 1.54) is 64.2 Å². The highest BCUT2D eigenvalue weighted by molar-refractivity contribution is 5.71. The molecule has 0 aromatic carbocycles. The fraction of sp³-hybridized carbons (Fsp3) is 0.642. The summed E-state index contributed by atoms with van der Waals surface area (Å²) >= 11 is 0. The van der Waals surface area contributed by atoms with Gasteiger partial charge in [0.2, 0.25) is 0 Å². The number of hydrogen-bond acceptors (Lipinski definition) is 6. The number of carbonyl (C=O) groups is 3. The van der Waals surface area contributed by atoms with Crippen LogP contribution in [0.4, 0.5) is 0 Å². The molecule has 0 amide bonds. The van der Waals surface area contributed by atoms with Gasteiger partial charge < -0.3 is 14.2 Å². The zero-order valence-electron chi connectivity index (χ0n) is 38.0. The maximum absolute atomic E-state index is 12.7. The molecule has 0 saturated heterocycles. The van der Waals surface area contributed by atoms with Gasteiger partial charge in [-0.3, -0.25) is 14.4 Å². The molecule has 0 radical (unpaired) electrons. The molecule has 0 saturated carbocycles. The minimum Gasteiger partial charge on any atom is -0.462 e. The molecule has 0 N–H and O–H groups in total. The molecule has 0 aromatic heterocycles. The van der Waals surface area contributed by atoms with Crippen LogP contribution >= 0.6 is 0 Å². The average molecular weight is 819 g/mol. The number of ether oxygens (including phenoxy) is 3. The highest BCUT2D eigenvalue weighted by Gasteiger charge is 2.19. The number of esters is 3. The molecule has 1 atom stereocenters. The van der Waals surface area contributed by atoms with Crippen molar-refractivity contribution >= 4 is 17.9 Å². The van der Waals surface area contributed by atoms with Gasteiger partial charge >= 0.3 is 17.9 Å². The molecule has 0 fully saturated rings. The quantitative estimate of drug-likeness (QED) is 0.0265. The summed E-state index contributed by atoms with van der Waals surface area (Å²) in [5.74, 6) is -1.07. The smallest absolute Gasteiger partial charge is 0.306 e. The summed E-state index contributed by atoms with van der Waals surface area (Å²) in [4.78, 5) is 37.7. The summed E-state index contributed by atoms with van der Waals surface area (Å²) in [5, 5.41) is 0. The Morgan fingerprint density at radius 1 is 0.356 bits per heavy atom. The molecule has 59 heavy (non-hydrogen) atoms.